The second kappa shape index (κ2) is 5.97. The van der Waals surface area contributed by atoms with Gasteiger partial charge in [0, 0.05) is 12.0 Å². The number of para-hydroxylation sites is 1. The molecular formula is C17H18N2O2. The molecule has 0 saturated carbocycles. The van der Waals surface area contributed by atoms with Crippen molar-refractivity contribution in [2.24, 2.45) is 5.73 Å². The van der Waals surface area contributed by atoms with E-state index in [4.69, 9.17) is 10.5 Å². The Morgan fingerprint density at radius 3 is 2.67 bits per heavy atom. The number of benzene rings is 2. The number of fused-ring (bicyclic) bond motifs is 1. The summed E-state index contributed by atoms with van der Waals surface area (Å²) in [5, 5.41) is 3.03. The molecule has 1 unspecified atom stereocenters. The van der Waals surface area contributed by atoms with E-state index in [0.717, 1.165) is 23.3 Å². The largest absolute Gasteiger partial charge is 0.493 e. The van der Waals surface area contributed by atoms with Gasteiger partial charge >= 0.3 is 0 Å². The van der Waals surface area contributed by atoms with Crippen LogP contribution in [0.1, 0.15) is 29.6 Å². The average Bonchev–Trinajstić information content (AvgIpc) is 2.55. The maximum atomic E-state index is 12.3. The molecule has 0 saturated heterocycles. The molecule has 1 aliphatic heterocycles. The van der Waals surface area contributed by atoms with Crippen molar-refractivity contribution in [1.29, 1.82) is 0 Å². The van der Waals surface area contributed by atoms with Crippen LogP contribution in [0, 0.1) is 0 Å². The van der Waals surface area contributed by atoms with Gasteiger partial charge in [-0.15, -0.1) is 0 Å². The Kier molecular flexibility index (Phi) is 3.88. The van der Waals surface area contributed by atoms with Crippen molar-refractivity contribution in [3.8, 4) is 5.75 Å². The lowest BCUT2D eigenvalue weighted by Crippen LogP contribution is -2.38. The number of nitrogens with one attached hydrogen (secondary N) is 1. The number of amides is 1. The third-order valence-corrected chi connectivity index (χ3v) is 3.72. The van der Waals surface area contributed by atoms with Gasteiger partial charge < -0.3 is 15.8 Å². The van der Waals surface area contributed by atoms with Crippen molar-refractivity contribution in [3.63, 3.8) is 0 Å². The summed E-state index contributed by atoms with van der Waals surface area (Å²) in [5.41, 5.74) is 7.86. The molecule has 2 aromatic rings. The van der Waals surface area contributed by atoms with Crippen LogP contribution in [-0.4, -0.2) is 12.5 Å². The van der Waals surface area contributed by atoms with E-state index in [1.165, 1.54) is 0 Å². The van der Waals surface area contributed by atoms with Crippen molar-refractivity contribution in [2.75, 3.05) is 6.61 Å². The highest BCUT2D eigenvalue weighted by Gasteiger charge is 2.25. The van der Waals surface area contributed by atoms with Crippen LogP contribution in [0.2, 0.25) is 0 Å². The third-order valence-electron chi connectivity index (χ3n) is 3.72. The second-order valence-electron chi connectivity index (χ2n) is 5.12. The van der Waals surface area contributed by atoms with Gasteiger partial charge in [-0.1, -0.05) is 48.5 Å². The van der Waals surface area contributed by atoms with Gasteiger partial charge in [0.1, 0.15) is 11.8 Å². The van der Waals surface area contributed by atoms with Gasteiger partial charge in [-0.2, -0.15) is 0 Å². The number of carbonyl (C=O) groups excluding carboxylic acids is 1. The molecule has 1 heterocycles. The third kappa shape index (κ3) is 2.90. The van der Waals surface area contributed by atoms with Crippen molar-refractivity contribution >= 4 is 5.91 Å². The van der Waals surface area contributed by atoms with Crippen molar-refractivity contribution in [3.05, 3.63) is 65.7 Å². The molecule has 1 amide bonds. The minimum atomic E-state index is -0.652. The molecule has 108 valence electrons. The molecule has 0 radical (unpaired) electrons. The molecule has 4 nitrogen and oxygen atoms in total. The number of nitrogens with two attached hydrogens (primary N) is 1. The molecule has 3 N–H and O–H groups in total. The standard InChI is InChI=1S/C17H18N2O2/c18-16(12-6-2-1-3-7-12)17(20)19-14-10-11-21-15-9-5-4-8-13(14)15/h1-9,14,16H,10-11,18H2,(H,19,20)/t14?,16-/m1/s1. The maximum absolute atomic E-state index is 12.3. The van der Waals surface area contributed by atoms with Gasteiger partial charge in [-0.05, 0) is 11.6 Å². The second-order valence-corrected chi connectivity index (χ2v) is 5.12. The number of ether oxygens (including phenoxy) is 1. The topological polar surface area (TPSA) is 64.4 Å². The zero-order valence-corrected chi connectivity index (χ0v) is 11.7. The number of hydrogen-bond acceptors (Lipinski definition) is 3. The Labute approximate surface area is 123 Å². The Balaban J connectivity index is 1.74. The lowest BCUT2D eigenvalue weighted by Gasteiger charge is -2.27. The Hall–Kier alpha value is -2.33. The lowest BCUT2D eigenvalue weighted by atomic mass is 9.99. The molecule has 0 fully saturated rings. The predicted molar refractivity (Wildman–Crippen MR) is 80.8 cm³/mol. The number of rotatable bonds is 3. The van der Waals surface area contributed by atoms with Crippen LogP contribution in [0.3, 0.4) is 0 Å². The van der Waals surface area contributed by atoms with Crippen LogP contribution in [0.15, 0.2) is 54.6 Å². The highest BCUT2D eigenvalue weighted by molar-refractivity contribution is 5.83. The minimum Gasteiger partial charge on any atom is -0.493 e. The molecule has 0 bridgehead atoms. The molecule has 0 aromatic heterocycles. The van der Waals surface area contributed by atoms with Crippen molar-refractivity contribution in [2.45, 2.75) is 18.5 Å². The van der Waals surface area contributed by atoms with E-state index in [1.54, 1.807) is 0 Å². The summed E-state index contributed by atoms with van der Waals surface area (Å²) in [4.78, 5) is 12.3. The first-order valence-corrected chi connectivity index (χ1v) is 7.08. The summed E-state index contributed by atoms with van der Waals surface area (Å²) < 4.78 is 5.60. The van der Waals surface area contributed by atoms with Crippen LogP contribution in [0.25, 0.3) is 0 Å². The van der Waals surface area contributed by atoms with Crippen LogP contribution < -0.4 is 15.8 Å². The SMILES string of the molecule is N[C@@H](C(=O)NC1CCOc2ccccc21)c1ccccc1. The van der Waals surface area contributed by atoms with E-state index < -0.39 is 6.04 Å². The molecule has 21 heavy (non-hydrogen) atoms. The quantitative estimate of drug-likeness (QED) is 0.908. The van der Waals surface area contributed by atoms with Crippen LogP contribution >= 0.6 is 0 Å². The fraction of sp³-hybridized carbons (Fsp3) is 0.235. The van der Waals surface area contributed by atoms with E-state index >= 15 is 0 Å². The molecule has 1 aliphatic rings. The summed E-state index contributed by atoms with van der Waals surface area (Å²) in [7, 11) is 0. The van der Waals surface area contributed by atoms with E-state index in [2.05, 4.69) is 5.32 Å². The van der Waals surface area contributed by atoms with Gasteiger partial charge in [0.05, 0.1) is 12.6 Å². The van der Waals surface area contributed by atoms with Gasteiger partial charge in [0.15, 0.2) is 0 Å². The van der Waals surface area contributed by atoms with E-state index in [-0.39, 0.29) is 11.9 Å². The fourth-order valence-corrected chi connectivity index (χ4v) is 2.57. The first kappa shape index (κ1) is 13.6. The highest BCUT2D eigenvalue weighted by Crippen LogP contribution is 2.31. The molecule has 3 rings (SSSR count). The highest BCUT2D eigenvalue weighted by atomic mass is 16.5. The molecular weight excluding hydrogens is 264 g/mol. The van der Waals surface area contributed by atoms with Gasteiger partial charge in [-0.25, -0.2) is 0 Å². The minimum absolute atomic E-state index is 0.0442. The first-order chi connectivity index (χ1) is 10.3. The zero-order chi connectivity index (χ0) is 14.7. The normalized spacial score (nSPS) is 18.2. The van der Waals surface area contributed by atoms with Gasteiger partial charge in [0.25, 0.3) is 0 Å². The van der Waals surface area contributed by atoms with Crippen LogP contribution in [-0.2, 0) is 4.79 Å². The molecule has 2 atom stereocenters. The predicted octanol–water partition coefficient (Wildman–Crippen LogP) is 2.33. The fourth-order valence-electron chi connectivity index (χ4n) is 2.57. The summed E-state index contributed by atoms with van der Waals surface area (Å²) >= 11 is 0. The first-order valence-electron chi connectivity index (χ1n) is 7.08. The zero-order valence-electron chi connectivity index (χ0n) is 11.7. The number of hydrogen-bond donors (Lipinski definition) is 2. The lowest BCUT2D eigenvalue weighted by molar-refractivity contribution is -0.123. The Bertz CT molecular complexity index is 628. The average molecular weight is 282 g/mol. The maximum Gasteiger partial charge on any atom is 0.241 e. The molecule has 4 heteroatoms. The van der Waals surface area contributed by atoms with Crippen molar-refractivity contribution in [1.82, 2.24) is 5.32 Å². The Morgan fingerprint density at radius 1 is 1.14 bits per heavy atom. The molecule has 0 spiro atoms. The van der Waals surface area contributed by atoms with Gasteiger partial charge in [0.2, 0.25) is 5.91 Å². The van der Waals surface area contributed by atoms with Crippen molar-refractivity contribution < 1.29 is 9.53 Å². The monoisotopic (exact) mass is 282 g/mol. The van der Waals surface area contributed by atoms with Gasteiger partial charge in [-0.3, -0.25) is 4.79 Å². The smallest absolute Gasteiger partial charge is 0.241 e. The van der Waals surface area contributed by atoms with Crippen LogP contribution in [0.4, 0.5) is 0 Å². The summed E-state index contributed by atoms with van der Waals surface area (Å²) in [6.45, 7) is 0.600. The summed E-state index contributed by atoms with van der Waals surface area (Å²) in [6.07, 6.45) is 0.754. The number of carbonyl (C=O) groups is 1. The molecule has 0 aliphatic carbocycles. The van der Waals surface area contributed by atoms with E-state index in [9.17, 15) is 4.79 Å². The van der Waals surface area contributed by atoms with Crippen LogP contribution in [0.5, 0.6) is 5.75 Å². The summed E-state index contributed by atoms with van der Waals surface area (Å²) in [6, 6.07) is 16.5. The Morgan fingerprint density at radius 2 is 1.86 bits per heavy atom. The molecule has 2 aromatic carbocycles. The van der Waals surface area contributed by atoms with E-state index in [0.29, 0.717) is 6.61 Å². The van der Waals surface area contributed by atoms with E-state index in [1.807, 2.05) is 54.6 Å². The summed E-state index contributed by atoms with van der Waals surface area (Å²) in [5.74, 6) is 0.672.